The third-order valence-electron chi connectivity index (χ3n) is 3.46. The zero-order valence-corrected chi connectivity index (χ0v) is 17.1. The van der Waals surface area contributed by atoms with E-state index in [-0.39, 0.29) is 32.9 Å². The largest absolute Gasteiger partial charge is 2.00 e. The van der Waals surface area contributed by atoms with E-state index in [0.717, 1.165) is 33.2 Å². The quantitative estimate of drug-likeness (QED) is 0.160. The zero-order valence-electron chi connectivity index (χ0n) is 16.1. The second-order valence-electron chi connectivity index (χ2n) is 5.23. The third-order valence-corrected chi connectivity index (χ3v) is 3.46. The van der Waals surface area contributed by atoms with Gasteiger partial charge >= 0.3 is 16.5 Å². The van der Waals surface area contributed by atoms with E-state index in [4.69, 9.17) is 30.6 Å². The van der Waals surface area contributed by atoms with E-state index in [0.29, 0.717) is 0 Å². The maximum Gasteiger partial charge on any atom is 2.00 e. The third kappa shape index (κ3) is 10.2. The molecule has 0 aliphatic heterocycles. The Bertz CT molecular complexity index is 1030. The van der Waals surface area contributed by atoms with Crippen LogP contribution in [-0.2, 0) is 27.4 Å². The fourth-order valence-electron chi connectivity index (χ4n) is 2.42. The van der Waals surface area contributed by atoms with Crippen LogP contribution in [0.2, 0.25) is 0 Å². The maximum atomic E-state index is 8.25. The molecule has 0 aliphatic rings. The van der Waals surface area contributed by atoms with Crippen LogP contribution in [0.4, 0.5) is 0 Å². The molecule has 0 unspecified atom stereocenters. The van der Waals surface area contributed by atoms with Crippen LogP contribution in [0.25, 0.3) is 33.2 Å². The van der Waals surface area contributed by atoms with Gasteiger partial charge in [-0.1, -0.05) is 48.5 Å². The molecule has 2 aromatic carbocycles. The Balaban J connectivity index is -0.000000618. The summed E-state index contributed by atoms with van der Waals surface area (Å²) in [7, 11) is 0. The van der Waals surface area contributed by atoms with Crippen molar-refractivity contribution in [2.24, 2.45) is 0 Å². The molecule has 0 saturated heterocycles. The SMILES string of the molecule is O.O=[N+]([O-])[O-].O=[N+]([O-])[O-].[Ni+2].[OH3+].[OH3+].c1ccc2nc(-c3ccc4ccccc4n3)ccc2c1. The van der Waals surface area contributed by atoms with Crippen LogP contribution in [0.1, 0.15) is 0 Å². The smallest absolute Gasteiger partial charge is 0.457 e. The minimum atomic E-state index is -1.75. The molecule has 13 nitrogen and oxygen atoms in total. The molecule has 0 spiro atoms. The standard InChI is InChI=1S/C18H12N2.2NO3.Ni.3H2O/c1-3-7-15-13(5-1)9-11-17(19-15)18-12-10-14-6-2-4-8-16(14)20-18;2*2-1(3)4;;;;/h1-12H;;;;3*1H2/q;2*-1;+2;;;/p+2. The van der Waals surface area contributed by atoms with Crippen molar-refractivity contribution in [3.05, 3.63) is 103 Å². The van der Waals surface area contributed by atoms with Gasteiger partial charge in [-0.3, -0.25) is 0 Å². The van der Waals surface area contributed by atoms with Gasteiger partial charge < -0.3 is 47.1 Å². The van der Waals surface area contributed by atoms with Gasteiger partial charge in [0.2, 0.25) is 0 Å². The average Bonchev–Trinajstić information content (AvgIpc) is 2.66. The zero-order chi connectivity index (χ0) is 20.5. The average molecular weight is 495 g/mol. The minimum Gasteiger partial charge on any atom is -0.457 e. The Kier molecular flexibility index (Phi) is 16.2. The van der Waals surface area contributed by atoms with Crippen LogP contribution in [0.3, 0.4) is 0 Å². The molecule has 0 fully saturated rings. The Labute approximate surface area is 190 Å². The normalized spacial score (nSPS) is 8.38. The molecule has 0 aliphatic carbocycles. The predicted octanol–water partition coefficient (Wildman–Crippen LogP) is 1.30. The summed E-state index contributed by atoms with van der Waals surface area (Å²) < 4.78 is 0. The molecule has 32 heavy (non-hydrogen) atoms. The second-order valence-corrected chi connectivity index (χ2v) is 5.23. The molecule has 4 aromatic rings. The fourth-order valence-corrected chi connectivity index (χ4v) is 2.42. The van der Waals surface area contributed by atoms with E-state index in [9.17, 15) is 0 Å². The molecule has 0 radical (unpaired) electrons. The number of aromatic nitrogens is 2. The van der Waals surface area contributed by atoms with Crippen molar-refractivity contribution in [1.29, 1.82) is 0 Å². The van der Waals surface area contributed by atoms with Crippen molar-refractivity contribution in [1.82, 2.24) is 9.97 Å². The first-order valence-electron chi connectivity index (χ1n) is 7.72. The van der Waals surface area contributed by atoms with Gasteiger partial charge in [0.25, 0.3) is 0 Å². The number of rotatable bonds is 1. The Morgan fingerprint density at radius 3 is 1.16 bits per heavy atom. The Morgan fingerprint density at radius 1 is 0.562 bits per heavy atom. The van der Waals surface area contributed by atoms with Gasteiger partial charge in [0.15, 0.2) is 0 Å². The van der Waals surface area contributed by atoms with Crippen molar-refractivity contribution in [2.45, 2.75) is 0 Å². The summed E-state index contributed by atoms with van der Waals surface area (Å²) in [6, 6.07) is 24.5. The summed E-state index contributed by atoms with van der Waals surface area (Å²) in [6.45, 7) is 0. The van der Waals surface area contributed by atoms with E-state index in [2.05, 4.69) is 34.2 Å². The van der Waals surface area contributed by atoms with Crippen LogP contribution in [0.5, 0.6) is 0 Å². The van der Waals surface area contributed by atoms with Crippen molar-refractivity contribution in [3.63, 3.8) is 0 Å². The van der Waals surface area contributed by atoms with Crippen LogP contribution < -0.4 is 0 Å². The van der Waals surface area contributed by atoms with Crippen LogP contribution in [0.15, 0.2) is 72.8 Å². The van der Waals surface area contributed by atoms with E-state index >= 15 is 0 Å². The van der Waals surface area contributed by atoms with E-state index in [1.54, 1.807) is 0 Å². The molecule has 8 N–H and O–H groups in total. The van der Waals surface area contributed by atoms with Gasteiger partial charge in [0.1, 0.15) is 0 Å². The summed E-state index contributed by atoms with van der Waals surface area (Å²) in [4.78, 5) is 25.9. The van der Waals surface area contributed by atoms with Gasteiger partial charge in [0, 0.05) is 10.8 Å². The van der Waals surface area contributed by atoms with Gasteiger partial charge in [-0.25, -0.2) is 9.97 Å². The second kappa shape index (κ2) is 15.8. The molecular weight excluding hydrogens is 475 g/mol. The maximum absolute atomic E-state index is 8.25. The summed E-state index contributed by atoms with van der Waals surface area (Å²) >= 11 is 0. The molecular formula is C18H20N4NiO9+2. The summed E-state index contributed by atoms with van der Waals surface area (Å²) in [5.41, 5.74) is 3.82. The number of hydrogen-bond donors (Lipinski definition) is 0. The van der Waals surface area contributed by atoms with Crippen molar-refractivity contribution in [3.8, 4) is 11.4 Å². The van der Waals surface area contributed by atoms with Gasteiger partial charge in [-0.05, 0) is 24.3 Å². The van der Waals surface area contributed by atoms with E-state index in [1.807, 2.05) is 48.5 Å². The Hall–Kier alpha value is -3.97. The first-order chi connectivity index (χ1) is 13.4. The minimum absolute atomic E-state index is 0. The van der Waals surface area contributed by atoms with Gasteiger partial charge in [0.05, 0.1) is 32.6 Å². The van der Waals surface area contributed by atoms with E-state index in [1.165, 1.54) is 0 Å². The van der Waals surface area contributed by atoms with E-state index < -0.39 is 10.2 Å². The van der Waals surface area contributed by atoms with Crippen molar-refractivity contribution < 1.29 is 43.1 Å². The van der Waals surface area contributed by atoms with Crippen LogP contribution >= 0.6 is 0 Å². The number of fused-ring (bicyclic) bond motifs is 2. The fraction of sp³-hybridized carbons (Fsp3) is 0. The number of para-hydroxylation sites is 2. The van der Waals surface area contributed by atoms with Crippen LogP contribution in [-0.4, -0.2) is 25.6 Å². The first kappa shape index (κ1) is 32.7. The molecule has 14 heteroatoms. The topological polar surface area (TPSA) is 256 Å². The predicted molar refractivity (Wildman–Crippen MR) is 117 cm³/mol. The molecule has 0 amide bonds. The number of pyridine rings is 2. The van der Waals surface area contributed by atoms with Crippen molar-refractivity contribution >= 4 is 21.8 Å². The summed E-state index contributed by atoms with van der Waals surface area (Å²) in [5, 5.41) is 31.8. The number of nitrogens with zero attached hydrogens (tertiary/aromatic N) is 4. The van der Waals surface area contributed by atoms with Crippen LogP contribution in [0, 0.1) is 30.6 Å². The molecule has 4 rings (SSSR count). The number of hydrogen-bond acceptors (Lipinski definition) is 8. The molecule has 0 bridgehead atoms. The van der Waals surface area contributed by atoms with Crippen molar-refractivity contribution in [2.75, 3.05) is 0 Å². The molecule has 0 atom stereocenters. The first-order valence-corrected chi connectivity index (χ1v) is 7.72. The summed E-state index contributed by atoms with van der Waals surface area (Å²) in [6.07, 6.45) is 0. The molecule has 0 saturated carbocycles. The molecule has 2 aromatic heterocycles. The van der Waals surface area contributed by atoms with Gasteiger partial charge in [-0.15, -0.1) is 0 Å². The molecule has 2 heterocycles. The number of benzene rings is 2. The Morgan fingerprint density at radius 2 is 0.844 bits per heavy atom. The molecule has 174 valence electrons. The van der Waals surface area contributed by atoms with Gasteiger partial charge in [-0.2, -0.15) is 0 Å². The summed E-state index contributed by atoms with van der Waals surface area (Å²) in [5.74, 6) is 0. The monoisotopic (exact) mass is 494 g/mol.